The molecule has 2 aliphatic rings. The Bertz CT molecular complexity index is 739. The van der Waals surface area contributed by atoms with Crippen LogP contribution in [0, 0.1) is 5.41 Å². The fourth-order valence-electron chi connectivity index (χ4n) is 3.83. The van der Waals surface area contributed by atoms with Gasteiger partial charge in [-0.15, -0.1) is 35.3 Å². The molecule has 2 fully saturated rings. The molecule has 1 unspecified atom stereocenters. The molecule has 1 aromatic carbocycles. The van der Waals surface area contributed by atoms with E-state index < -0.39 is 0 Å². The number of nitrogens with one attached hydrogen (secondary N) is 1. The lowest BCUT2D eigenvalue weighted by molar-refractivity contribution is 0.156. The maximum atomic E-state index is 5.65. The molecular weight excluding hydrogens is 445 g/mol. The second-order valence-electron chi connectivity index (χ2n) is 6.90. The first-order valence-electron chi connectivity index (χ1n) is 8.86. The van der Waals surface area contributed by atoms with Gasteiger partial charge in [-0.2, -0.15) is 0 Å². The fraction of sp³-hybridized carbons (Fsp3) is 0.526. The Kier molecular flexibility index (Phi) is 6.22. The molecule has 6 heteroatoms. The highest BCUT2D eigenvalue weighted by atomic mass is 127. The first-order valence-corrected chi connectivity index (χ1v) is 9.74. The number of ether oxygens (including phenoxy) is 1. The minimum atomic E-state index is 0. The van der Waals surface area contributed by atoms with Crippen LogP contribution < -0.4 is 5.32 Å². The van der Waals surface area contributed by atoms with Crippen LogP contribution in [0.3, 0.4) is 0 Å². The first-order chi connectivity index (χ1) is 11.8. The number of aliphatic imine (C=N–C) groups is 1. The van der Waals surface area contributed by atoms with Gasteiger partial charge in [0, 0.05) is 36.4 Å². The summed E-state index contributed by atoms with van der Waals surface area (Å²) < 4.78 is 7.00. The lowest BCUT2D eigenvalue weighted by Crippen LogP contribution is -2.41. The zero-order valence-electron chi connectivity index (χ0n) is 14.7. The number of halogens is 1. The normalized spacial score (nSPS) is 23.4. The minimum absolute atomic E-state index is 0. The Balaban J connectivity index is 0.00000182. The van der Waals surface area contributed by atoms with Crippen LogP contribution in [0.1, 0.15) is 25.3 Å². The number of rotatable bonds is 3. The number of nitrogens with zero attached hydrogens (tertiary/aromatic N) is 2. The lowest BCUT2D eigenvalue weighted by Gasteiger charge is -2.24. The summed E-state index contributed by atoms with van der Waals surface area (Å²) in [7, 11) is 0. The molecule has 1 N–H and O–H groups in total. The van der Waals surface area contributed by atoms with Crippen LogP contribution in [-0.2, 0) is 11.3 Å². The highest BCUT2D eigenvalue weighted by Crippen LogP contribution is 2.38. The predicted molar refractivity (Wildman–Crippen MR) is 116 cm³/mol. The van der Waals surface area contributed by atoms with Gasteiger partial charge >= 0.3 is 0 Å². The Labute approximate surface area is 170 Å². The van der Waals surface area contributed by atoms with E-state index in [0.717, 1.165) is 45.4 Å². The van der Waals surface area contributed by atoms with Crippen molar-refractivity contribution in [2.45, 2.75) is 26.3 Å². The molecule has 0 bridgehead atoms. The van der Waals surface area contributed by atoms with Gasteiger partial charge in [0.05, 0.1) is 13.2 Å². The van der Waals surface area contributed by atoms with E-state index in [-0.39, 0.29) is 24.0 Å². The summed E-state index contributed by atoms with van der Waals surface area (Å²) in [4.78, 5) is 7.36. The number of fused-ring (bicyclic) bond motifs is 1. The molecule has 2 aliphatic heterocycles. The molecule has 136 valence electrons. The molecule has 1 aromatic heterocycles. The Morgan fingerprint density at radius 1 is 1.36 bits per heavy atom. The largest absolute Gasteiger partial charge is 0.381 e. The van der Waals surface area contributed by atoms with E-state index in [4.69, 9.17) is 9.73 Å². The lowest BCUT2D eigenvalue weighted by atomic mass is 9.87. The van der Waals surface area contributed by atoms with E-state index in [2.05, 4.69) is 46.8 Å². The summed E-state index contributed by atoms with van der Waals surface area (Å²) in [5, 5.41) is 7.06. The van der Waals surface area contributed by atoms with Gasteiger partial charge in [-0.3, -0.25) is 0 Å². The average Bonchev–Trinajstić information content (AvgIpc) is 3.33. The number of hydrogen-bond donors (Lipinski definition) is 1. The van der Waals surface area contributed by atoms with Crippen LogP contribution in [0.5, 0.6) is 0 Å². The van der Waals surface area contributed by atoms with Crippen molar-refractivity contribution in [2.24, 2.45) is 10.4 Å². The molecule has 1 spiro atoms. The summed E-state index contributed by atoms with van der Waals surface area (Å²) in [6, 6.07) is 8.59. The van der Waals surface area contributed by atoms with Crippen molar-refractivity contribution in [3.8, 4) is 0 Å². The second kappa shape index (κ2) is 8.22. The van der Waals surface area contributed by atoms with Crippen LogP contribution >= 0.6 is 35.3 Å². The first kappa shape index (κ1) is 18.9. The van der Waals surface area contributed by atoms with E-state index in [9.17, 15) is 0 Å². The molecule has 4 nitrogen and oxygen atoms in total. The van der Waals surface area contributed by atoms with Gasteiger partial charge in [-0.05, 0) is 42.2 Å². The van der Waals surface area contributed by atoms with Gasteiger partial charge in [0.15, 0.2) is 5.96 Å². The summed E-state index contributed by atoms with van der Waals surface area (Å²) in [6.45, 7) is 7.78. The maximum Gasteiger partial charge on any atom is 0.194 e. The van der Waals surface area contributed by atoms with Crippen molar-refractivity contribution < 1.29 is 4.74 Å². The highest BCUT2D eigenvalue weighted by molar-refractivity contribution is 14.0. The van der Waals surface area contributed by atoms with E-state index in [1.165, 1.54) is 28.5 Å². The highest BCUT2D eigenvalue weighted by Gasteiger charge is 2.42. The predicted octanol–water partition coefficient (Wildman–Crippen LogP) is 4.10. The Morgan fingerprint density at radius 3 is 3.04 bits per heavy atom. The topological polar surface area (TPSA) is 36.9 Å². The second-order valence-corrected chi connectivity index (χ2v) is 7.81. The van der Waals surface area contributed by atoms with Crippen LogP contribution in [-0.4, -0.2) is 43.7 Å². The summed E-state index contributed by atoms with van der Waals surface area (Å²) in [5.74, 6) is 1.05. The zero-order chi connectivity index (χ0) is 16.4. The molecule has 0 amide bonds. The van der Waals surface area contributed by atoms with E-state index in [0.29, 0.717) is 5.41 Å². The van der Waals surface area contributed by atoms with Crippen LogP contribution in [0.2, 0.25) is 0 Å². The molecule has 0 radical (unpaired) electrons. The fourth-order valence-corrected chi connectivity index (χ4v) is 4.78. The molecule has 1 atom stereocenters. The molecule has 3 heterocycles. The quantitative estimate of drug-likeness (QED) is 0.416. The SMILES string of the molecule is CCNC(=NCc1csc2ccccc12)N1CCC2(CCOC2)C1.I. The van der Waals surface area contributed by atoms with Crippen LogP contribution in [0.15, 0.2) is 34.6 Å². The summed E-state index contributed by atoms with van der Waals surface area (Å²) in [5.41, 5.74) is 1.69. The number of hydrogen-bond acceptors (Lipinski definition) is 3. The third-order valence-electron chi connectivity index (χ3n) is 5.22. The van der Waals surface area contributed by atoms with Gasteiger partial charge in [0.2, 0.25) is 0 Å². The van der Waals surface area contributed by atoms with Crippen molar-refractivity contribution in [3.63, 3.8) is 0 Å². The van der Waals surface area contributed by atoms with E-state index >= 15 is 0 Å². The molecule has 0 saturated carbocycles. The molecule has 4 rings (SSSR count). The standard InChI is InChI=1S/C19H25N3OS.HI/c1-2-20-18(22-9-7-19(13-22)8-10-23-14-19)21-11-15-12-24-17-6-4-3-5-16(15)17;/h3-6,12H,2,7-11,13-14H2,1H3,(H,20,21);1H. The molecule has 2 aromatic rings. The van der Waals surface area contributed by atoms with Crippen molar-refractivity contribution in [1.82, 2.24) is 10.2 Å². The third kappa shape index (κ3) is 3.95. The van der Waals surface area contributed by atoms with Gasteiger partial charge in [-0.1, -0.05) is 18.2 Å². The van der Waals surface area contributed by atoms with Gasteiger partial charge in [-0.25, -0.2) is 4.99 Å². The van der Waals surface area contributed by atoms with Crippen molar-refractivity contribution >= 4 is 51.4 Å². The summed E-state index contributed by atoms with van der Waals surface area (Å²) in [6.07, 6.45) is 2.41. The molecular formula is C19H26IN3OS. The summed E-state index contributed by atoms with van der Waals surface area (Å²) >= 11 is 1.81. The van der Waals surface area contributed by atoms with E-state index in [1.54, 1.807) is 11.3 Å². The van der Waals surface area contributed by atoms with Crippen LogP contribution in [0.4, 0.5) is 0 Å². The third-order valence-corrected chi connectivity index (χ3v) is 6.23. The number of guanidine groups is 1. The number of likely N-dealkylation sites (tertiary alicyclic amines) is 1. The van der Waals surface area contributed by atoms with Gasteiger partial charge < -0.3 is 15.0 Å². The number of benzene rings is 1. The monoisotopic (exact) mass is 471 g/mol. The van der Waals surface area contributed by atoms with Gasteiger partial charge in [0.1, 0.15) is 0 Å². The molecule has 25 heavy (non-hydrogen) atoms. The van der Waals surface area contributed by atoms with E-state index in [1.807, 2.05) is 0 Å². The average molecular weight is 471 g/mol. The smallest absolute Gasteiger partial charge is 0.194 e. The zero-order valence-corrected chi connectivity index (χ0v) is 17.8. The Hall–Kier alpha value is -0.860. The minimum Gasteiger partial charge on any atom is -0.381 e. The maximum absolute atomic E-state index is 5.65. The van der Waals surface area contributed by atoms with Crippen molar-refractivity contribution in [1.29, 1.82) is 0 Å². The van der Waals surface area contributed by atoms with Gasteiger partial charge in [0.25, 0.3) is 0 Å². The van der Waals surface area contributed by atoms with Crippen LogP contribution in [0.25, 0.3) is 10.1 Å². The van der Waals surface area contributed by atoms with Crippen molar-refractivity contribution in [2.75, 3.05) is 32.8 Å². The molecule has 2 saturated heterocycles. The van der Waals surface area contributed by atoms with Crippen molar-refractivity contribution in [3.05, 3.63) is 35.2 Å². The molecule has 0 aliphatic carbocycles. The Morgan fingerprint density at radius 2 is 2.24 bits per heavy atom. The number of thiophene rings is 1.